The Morgan fingerprint density at radius 3 is 1.82 bits per heavy atom. The Balaban J connectivity index is 1.51. The van der Waals surface area contributed by atoms with Gasteiger partial charge in [-0.3, -0.25) is 0 Å². The lowest BCUT2D eigenvalue weighted by Gasteiger charge is -2.29. The fourth-order valence-electron chi connectivity index (χ4n) is 5.35. The van der Waals surface area contributed by atoms with Crippen molar-refractivity contribution in [3.05, 3.63) is 152 Å². The molecule has 0 radical (unpaired) electrons. The highest BCUT2D eigenvalue weighted by Crippen LogP contribution is 2.46. The molecule has 0 saturated heterocycles. The molecular weight excluding hydrogens is 462 g/mol. The summed E-state index contributed by atoms with van der Waals surface area (Å²) in [7, 11) is 0. The van der Waals surface area contributed by atoms with Crippen LogP contribution in [0.5, 0.6) is 0 Å². The van der Waals surface area contributed by atoms with E-state index in [0.717, 1.165) is 39.0 Å². The first kappa shape index (κ1) is 22.1. The molecule has 0 bridgehead atoms. The maximum Gasteiger partial charge on any atom is 0.137 e. The summed E-state index contributed by atoms with van der Waals surface area (Å²) in [5, 5.41) is 2.26. The van der Waals surface area contributed by atoms with E-state index in [2.05, 4.69) is 144 Å². The van der Waals surface area contributed by atoms with Crippen LogP contribution >= 0.6 is 0 Å². The van der Waals surface area contributed by atoms with Gasteiger partial charge in [0.1, 0.15) is 11.2 Å². The number of hydrogen-bond acceptors (Lipinski definition) is 2. The Hall–Kier alpha value is -5.08. The lowest BCUT2D eigenvalue weighted by atomic mass is 9.92. The van der Waals surface area contributed by atoms with Crippen molar-refractivity contribution in [3.63, 3.8) is 0 Å². The number of para-hydroxylation sites is 2. The molecule has 1 heterocycles. The highest BCUT2D eigenvalue weighted by atomic mass is 16.3. The molecule has 7 aromatic rings. The molecule has 7 rings (SSSR count). The smallest absolute Gasteiger partial charge is 0.137 e. The Bertz CT molecular complexity index is 1850. The van der Waals surface area contributed by atoms with E-state index in [0.29, 0.717) is 0 Å². The summed E-state index contributed by atoms with van der Waals surface area (Å²) in [5.74, 6) is 0. The van der Waals surface area contributed by atoms with Gasteiger partial charge in [0, 0.05) is 33.8 Å². The van der Waals surface area contributed by atoms with E-state index in [9.17, 15) is 0 Å². The van der Waals surface area contributed by atoms with Crippen LogP contribution < -0.4 is 4.90 Å². The minimum absolute atomic E-state index is 0.880. The second-order valence-corrected chi connectivity index (χ2v) is 9.38. The Kier molecular flexibility index (Phi) is 5.49. The van der Waals surface area contributed by atoms with Gasteiger partial charge in [-0.2, -0.15) is 0 Å². The molecule has 2 nitrogen and oxygen atoms in total. The molecule has 0 saturated carbocycles. The number of anilines is 3. The molecule has 0 atom stereocenters. The van der Waals surface area contributed by atoms with Gasteiger partial charge in [0.05, 0.1) is 5.69 Å². The predicted molar refractivity (Wildman–Crippen MR) is 159 cm³/mol. The molecule has 0 aliphatic rings. The van der Waals surface area contributed by atoms with Gasteiger partial charge in [0.25, 0.3) is 0 Å². The maximum absolute atomic E-state index is 6.30. The van der Waals surface area contributed by atoms with Crippen LogP contribution in [-0.4, -0.2) is 0 Å². The summed E-state index contributed by atoms with van der Waals surface area (Å²) >= 11 is 0. The zero-order chi connectivity index (χ0) is 25.3. The molecule has 0 aliphatic carbocycles. The quantitative estimate of drug-likeness (QED) is 0.240. The van der Waals surface area contributed by atoms with Crippen LogP contribution in [0.25, 0.3) is 44.2 Å². The van der Waals surface area contributed by atoms with Gasteiger partial charge in [-0.25, -0.2) is 0 Å². The topological polar surface area (TPSA) is 16.4 Å². The number of hydrogen-bond donors (Lipinski definition) is 0. The zero-order valence-electron chi connectivity index (χ0n) is 20.8. The minimum Gasteiger partial charge on any atom is -0.456 e. The first-order chi connectivity index (χ1) is 18.9. The third kappa shape index (κ3) is 3.84. The van der Waals surface area contributed by atoms with E-state index in [1.165, 1.54) is 22.3 Å². The first-order valence-electron chi connectivity index (χ1n) is 12.9. The van der Waals surface area contributed by atoms with Crippen molar-refractivity contribution >= 4 is 39.0 Å². The molecule has 0 N–H and O–H groups in total. The minimum atomic E-state index is 0.880. The van der Waals surface area contributed by atoms with Gasteiger partial charge in [-0.05, 0) is 53.1 Å². The van der Waals surface area contributed by atoms with Gasteiger partial charge in [-0.1, -0.05) is 109 Å². The summed E-state index contributed by atoms with van der Waals surface area (Å²) in [6, 6.07) is 53.2. The summed E-state index contributed by atoms with van der Waals surface area (Å²) in [5.41, 5.74) is 9.77. The molecule has 1 aromatic heterocycles. The van der Waals surface area contributed by atoms with Gasteiger partial charge >= 0.3 is 0 Å². The third-order valence-electron chi connectivity index (χ3n) is 7.07. The van der Waals surface area contributed by atoms with E-state index in [1.807, 2.05) is 12.1 Å². The summed E-state index contributed by atoms with van der Waals surface area (Å²) in [6.07, 6.45) is 0. The van der Waals surface area contributed by atoms with Crippen molar-refractivity contribution < 1.29 is 4.42 Å². The number of nitrogens with zero attached hydrogens (tertiary/aromatic N) is 1. The molecule has 0 fully saturated rings. The number of rotatable bonds is 5. The fraction of sp³-hybridized carbons (Fsp3) is 0. The molecule has 180 valence electrons. The lowest BCUT2D eigenvalue weighted by Crippen LogP contribution is -2.11. The van der Waals surface area contributed by atoms with E-state index in [-0.39, 0.29) is 0 Å². The van der Waals surface area contributed by atoms with Crippen LogP contribution in [0, 0.1) is 0 Å². The van der Waals surface area contributed by atoms with Crippen LogP contribution in [0.2, 0.25) is 0 Å². The van der Waals surface area contributed by atoms with Crippen LogP contribution in [0.15, 0.2) is 156 Å². The number of fused-ring (bicyclic) bond motifs is 3. The maximum atomic E-state index is 6.30. The second kappa shape index (κ2) is 9.42. The normalized spacial score (nSPS) is 11.2. The summed E-state index contributed by atoms with van der Waals surface area (Å²) < 4.78 is 6.30. The molecular formula is C36H25NO. The van der Waals surface area contributed by atoms with Crippen molar-refractivity contribution in [3.8, 4) is 22.3 Å². The highest BCUT2D eigenvalue weighted by molar-refractivity contribution is 6.06. The van der Waals surface area contributed by atoms with Gasteiger partial charge in [-0.15, -0.1) is 0 Å². The van der Waals surface area contributed by atoms with Crippen molar-refractivity contribution in [2.24, 2.45) is 0 Å². The standard InChI is InChI=1S/C36H25NO/c1-4-13-26(14-5-1)30-20-12-21-33(36(30)27-15-6-2-7-16-27)37(28-17-8-3-9-18-28)29-23-24-32-31-19-10-11-22-34(31)38-35(32)25-29/h1-25H. The summed E-state index contributed by atoms with van der Waals surface area (Å²) in [6.45, 7) is 0. The van der Waals surface area contributed by atoms with Crippen molar-refractivity contribution in [2.45, 2.75) is 0 Å². The van der Waals surface area contributed by atoms with Crippen LogP contribution in [0.4, 0.5) is 17.1 Å². The van der Waals surface area contributed by atoms with Crippen LogP contribution in [-0.2, 0) is 0 Å². The van der Waals surface area contributed by atoms with Crippen LogP contribution in [0.3, 0.4) is 0 Å². The molecule has 2 heteroatoms. The summed E-state index contributed by atoms with van der Waals surface area (Å²) in [4.78, 5) is 2.33. The highest BCUT2D eigenvalue weighted by Gasteiger charge is 2.21. The fourth-order valence-corrected chi connectivity index (χ4v) is 5.35. The molecule has 38 heavy (non-hydrogen) atoms. The Morgan fingerprint density at radius 1 is 0.421 bits per heavy atom. The number of benzene rings is 6. The SMILES string of the molecule is c1ccc(-c2cccc(N(c3ccccc3)c3ccc4c(c3)oc3ccccc34)c2-c2ccccc2)cc1. The van der Waals surface area contributed by atoms with Crippen molar-refractivity contribution in [2.75, 3.05) is 4.90 Å². The molecule has 0 unspecified atom stereocenters. The average molecular weight is 488 g/mol. The third-order valence-corrected chi connectivity index (χ3v) is 7.07. The Labute approximate surface area is 222 Å². The first-order valence-corrected chi connectivity index (χ1v) is 12.9. The average Bonchev–Trinajstić information content (AvgIpc) is 3.37. The van der Waals surface area contributed by atoms with Gasteiger partial charge in [0.2, 0.25) is 0 Å². The zero-order valence-corrected chi connectivity index (χ0v) is 20.8. The molecule has 6 aromatic carbocycles. The van der Waals surface area contributed by atoms with Gasteiger partial charge in [0.15, 0.2) is 0 Å². The molecule has 0 amide bonds. The molecule has 0 aliphatic heterocycles. The van der Waals surface area contributed by atoms with Crippen LogP contribution in [0.1, 0.15) is 0 Å². The second-order valence-electron chi connectivity index (χ2n) is 9.38. The van der Waals surface area contributed by atoms with Crippen molar-refractivity contribution in [1.82, 2.24) is 0 Å². The Morgan fingerprint density at radius 2 is 1.05 bits per heavy atom. The lowest BCUT2D eigenvalue weighted by molar-refractivity contribution is 0.669. The van der Waals surface area contributed by atoms with E-state index in [1.54, 1.807) is 0 Å². The van der Waals surface area contributed by atoms with Gasteiger partial charge < -0.3 is 9.32 Å². The van der Waals surface area contributed by atoms with Crippen molar-refractivity contribution in [1.29, 1.82) is 0 Å². The predicted octanol–water partition coefficient (Wildman–Crippen LogP) is 10.4. The van der Waals surface area contributed by atoms with E-state index in [4.69, 9.17) is 4.42 Å². The number of furan rings is 1. The molecule has 0 spiro atoms. The monoisotopic (exact) mass is 487 g/mol. The van der Waals surface area contributed by atoms with E-state index >= 15 is 0 Å². The largest absolute Gasteiger partial charge is 0.456 e. The van der Waals surface area contributed by atoms with E-state index < -0.39 is 0 Å².